The van der Waals surface area contributed by atoms with E-state index >= 15 is 0 Å². The first kappa shape index (κ1) is 23.6. The number of ether oxygens (including phenoxy) is 1. The minimum Gasteiger partial charge on any atom is -0.481 e. The lowest BCUT2D eigenvalue weighted by molar-refractivity contribution is -0.137. The smallest absolute Gasteiger partial charge is 0.303 e. The Bertz CT molecular complexity index is 967. The number of carbonyl (C=O) groups is 2. The van der Waals surface area contributed by atoms with Crippen molar-refractivity contribution in [3.05, 3.63) is 35.0 Å². The number of carbonyl (C=O) groups excluding carboxylic acids is 1. The topological polar surface area (TPSA) is 149 Å². The van der Waals surface area contributed by atoms with E-state index < -0.39 is 21.9 Å². The van der Waals surface area contributed by atoms with Gasteiger partial charge in [-0.15, -0.1) is 0 Å². The summed E-state index contributed by atoms with van der Waals surface area (Å²) in [4.78, 5) is 22.5. The molecule has 12 heteroatoms. The van der Waals surface area contributed by atoms with E-state index in [4.69, 9.17) is 21.4 Å². The molecule has 0 aliphatic carbocycles. The van der Waals surface area contributed by atoms with Crippen LogP contribution in [0.2, 0.25) is 5.02 Å². The highest BCUT2D eigenvalue weighted by atomic mass is 35.5. The second kappa shape index (κ2) is 10.9. The Labute approximate surface area is 179 Å². The van der Waals surface area contributed by atoms with Crippen molar-refractivity contribution in [2.45, 2.75) is 17.7 Å². The first-order valence-corrected chi connectivity index (χ1v) is 10.8. The summed E-state index contributed by atoms with van der Waals surface area (Å²) in [6.45, 7) is 1.21. The maximum Gasteiger partial charge on any atom is 0.303 e. The number of carboxylic acids is 1. The van der Waals surface area contributed by atoms with Gasteiger partial charge in [-0.3, -0.25) is 9.59 Å². The summed E-state index contributed by atoms with van der Waals surface area (Å²) in [6.07, 6.45) is 1.23. The van der Waals surface area contributed by atoms with E-state index in [9.17, 15) is 23.3 Å². The monoisotopic (exact) mass is 456 g/mol. The minimum absolute atomic E-state index is 0.0151. The molecule has 10 nitrogen and oxygen atoms in total. The summed E-state index contributed by atoms with van der Waals surface area (Å²) in [5.74, 6) is -1.67. The Kier molecular flexibility index (Phi) is 8.61. The predicted molar refractivity (Wildman–Crippen MR) is 108 cm³/mol. The van der Waals surface area contributed by atoms with Gasteiger partial charge in [0.25, 0.3) is 5.91 Å². The predicted octanol–water partition coefficient (Wildman–Crippen LogP) is 1.16. The van der Waals surface area contributed by atoms with Crippen molar-refractivity contribution in [3.63, 3.8) is 0 Å². The van der Waals surface area contributed by atoms with Crippen molar-refractivity contribution in [1.82, 2.24) is 9.62 Å². The Morgan fingerprint density at radius 3 is 2.67 bits per heavy atom. The fraction of sp³-hybridized carbons (Fsp3) is 0.389. The summed E-state index contributed by atoms with van der Waals surface area (Å²) >= 11 is 6.11. The van der Waals surface area contributed by atoms with Crippen LogP contribution in [0.25, 0.3) is 0 Å². The molecular weight excluding hydrogens is 436 g/mol. The first-order chi connectivity index (χ1) is 14.3. The van der Waals surface area contributed by atoms with Crippen LogP contribution in [0.5, 0.6) is 0 Å². The number of carboxylic acid groups (broad SMARTS) is 1. The number of nitriles is 1. The first-order valence-electron chi connectivity index (χ1n) is 9.00. The highest BCUT2D eigenvalue weighted by molar-refractivity contribution is 7.89. The van der Waals surface area contributed by atoms with E-state index in [-0.39, 0.29) is 53.7 Å². The van der Waals surface area contributed by atoms with Gasteiger partial charge >= 0.3 is 5.97 Å². The van der Waals surface area contributed by atoms with Crippen LogP contribution in [0, 0.1) is 11.3 Å². The van der Waals surface area contributed by atoms with Gasteiger partial charge < -0.3 is 20.5 Å². The number of halogens is 1. The molecule has 1 fully saturated rings. The van der Waals surface area contributed by atoms with Crippen LogP contribution in [0.15, 0.2) is 34.9 Å². The zero-order chi connectivity index (χ0) is 22.1. The lowest BCUT2D eigenvalue weighted by atomic mass is 10.2. The van der Waals surface area contributed by atoms with Gasteiger partial charge in [-0.25, -0.2) is 8.42 Å². The number of nitrogens with one attached hydrogen (secondary N) is 2. The SMILES string of the molecule is N#C/C(=C/Nc1cc(S(=O)(=O)N2CCOCC2)ccc1Cl)C(=O)NCCCC(=O)O. The van der Waals surface area contributed by atoms with Gasteiger partial charge in [-0.05, 0) is 24.6 Å². The number of amides is 1. The summed E-state index contributed by atoms with van der Waals surface area (Å²) < 4.78 is 32.0. The van der Waals surface area contributed by atoms with Crippen molar-refractivity contribution in [1.29, 1.82) is 5.26 Å². The lowest BCUT2D eigenvalue weighted by Crippen LogP contribution is -2.40. The van der Waals surface area contributed by atoms with Crippen molar-refractivity contribution in [2.75, 3.05) is 38.2 Å². The molecule has 0 spiro atoms. The van der Waals surface area contributed by atoms with Gasteiger partial charge in [0.1, 0.15) is 11.6 Å². The number of nitrogens with zero attached hydrogens (tertiary/aromatic N) is 2. The molecule has 0 atom stereocenters. The number of hydrogen-bond acceptors (Lipinski definition) is 7. The number of benzene rings is 1. The maximum atomic E-state index is 12.8. The van der Waals surface area contributed by atoms with Gasteiger partial charge in [0.2, 0.25) is 10.0 Å². The summed E-state index contributed by atoms with van der Waals surface area (Å²) in [5.41, 5.74) is -0.0692. The Hall–Kier alpha value is -2.65. The molecule has 1 aromatic rings. The summed E-state index contributed by atoms with van der Waals surface area (Å²) in [7, 11) is -3.74. The molecule has 3 N–H and O–H groups in total. The molecule has 0 radical (unpaired) electrons. The molecule has 30 heavy (non-hydrogen) atoms. The molecule has 162 valence electrons. The van der Waals surface area contributed by atoms with Crippen LogP contribution in [0.1, 0.15) is 12.8 Å². The van der Waals surface area contributed by atoms with Crippen molar-refractivity contribution in [3.8, 4) is 6.07 Å². The van der Waals surface area contributed by atoms with E-state index in [1.54, 1.807) is 6.07 Å². The van der Waals surface area contributed by atoms with Crippen LogP contribution in [-0.4, -0.2) is 62.6 Å². The molecule has 1 aliphatic heterocycles. The number of rotatable bonds is 9. The molecule has 0 bridgehead atoms. The quantitative estimate of drug-likeness (QED) is 0.284. The minimum atomic E-state index is -3.74. The third kappa shape index (κ3) is 6.43. The molecular formula is C18H21ClN4O6S. The number of sulfonamides is 1. The fourth-order valence-corrected chi connectivity index (χ4v) is 4.15. The van der Waals surface area contributed by atoms with Crippen molar-refractivity contribution < 1.29 is 27.9 Å². The van der Waals surface area contributed by atoms with E-state index in [0.717, 1.165) is 6.20 Å². The molecule has 2 rings (SSSR count). The largest absolute Gasteiger partial charge is 0.481 e. The van der Waals surface area contributed by atoms with Crippen LogP contribution in [-0.2, 0) is 24.3 Å². The van der Waals surface area contributed by atoms with Gasteiger partial charge in [-0.2, -0.15) is 9.57 Å². The standard InChI is InChI=1S/C18H21ClN4O6S/c19-15-4-3-14(30(27,28)23-6-8-29-9-7-23)10-16(15)22-12-13(11-20)18(26)21-5-1-2-17(24)25/h3-4,10,12,22H,1-2,5-9H2,(H,21,26)(H,24,25)/b13-12-. The Morgan fingerprint density at radius 1 is 1.33 bits per heavy atom. The second-order valence-electron chi connectivity index (χ2n) is 6.23. The third-order valence-electron chi connectivity index (χ3n) is 4.14. The second-order valence-corrected chi connectivity index (χ2v) is 8.57. The van der Waals surface area contributed by atoms with Gasteiger partial charge in [0, 0.05) is 32.3 Å². The average Bonchev–Trinajstić information content (AvgIpc) is 2.73. The molecule has 1 heterocycles. The van der Waals surface area contributed by atoms with Gasteiger partial charge in [0.05, 0.1) is 28.8 Å². The lowest BCUT2D eigenvalue weighted by Gasteiger charge is -2.26. The van der Waals surface area contributed by atoms with E-state index in [0.29, 0.717) is 13.2 Å². The molecule has 0 saturated carbocycles. The normalized spacial score (nSPS) is 15.3. The van der Waals surface area contributed by atoms with E-state index in [2.05, 4.69) is 10.6 Å². The highest BCUT2D eigenvalue weighted by Gasteiger charge is 2.26. The van der Waals surface area contributed by atoms with Gasteiger partial charge in [-0.1, -0.05) is 11.6 Å². The van der Waals surface area contributed by atoms with Crippen molar-refractivity contribution in [2.24, 2.45) is 0 Å². The van der Waals surface area contributed by atoms with Crippen LogP contribution in [0.3, 0.4) is 0 Å². The van der Waals surface area contributed by atoms with Crippen LogP contribution < -0.4 is 10.6 Å². The number of morpholine rings is 1. The van der Waals surface area contributed by atoms with E-state index in [1.807, 2.05) is 0 Å². The molecule has 0 aromatic heterocycles. The van der Waals surface area contributed by atoms with E-state index in [1.165, 1.54) is 22.5 Å². The van der Waals surface area contributed by atoms with Crippen LogP contribution in [0.4, 0.5) is 5.69 Å². The molecule has 1 aliphatic rings. The maximum absolute atomic E-state index is 12.8. The number of anilines is 1. The molecule has 0 unspecified atom stereocenters. The van der Waals surface area contributed by atoms with Gasteiger partial charge in [0.15, 0.2) is 0 Å². The zero-order valence-electron chi connectivity index (χ0n) is 15.9. The summed E-state index contributed by atoms with van der Waals surface area (Å²) in [5, 5.41) is 23.1. The van der Waals surface area contributed by atoms with Crippen molar-refractivity contribution >= 4 is 39.2 Å². The Morgan fingerprint density at radius 2 is 2.03 bits per heavy atom. The Balaban J connectivity index is 2.11. The number of hydrogen-bond donors (Lipinski definition) is 3. The fourth-order valence-electron chi connectivity index (χ4n) is 2.55. The average molecular weight is 457 g/mol. The third-order valence-corrected chi connectivity index (χ3v) is 6.36. The molecule has 1 saturated heterocycles. The van der Waals surface area contributed by atoms with Crippen LogP contribution >= 0.6 is 11.6 Å². The zero-order valence-corrected chi connectivity index (χ0v) is 17.5. The molecule has 1 amide bonds. The number of aliphatic carboxylic acids is 1. The molecule has 1 aromatic carbocycles. The summed E-state index contributed by atoms with van der Waals surface area (Å²) in [6, 6.07) is 5.83. The highest BCUT2D eigenvalue weighted by Crippen LogP contribution is 2.27.